The van der Waals surface area contributed by atoms with Crippen LogP contribution in [0, 0.1) is 0 Å². The summed E-state index contributed by atoms with van der Waals surface area (Å²) >= 11 is 0.783. The zero-order valence-corrected chi connectivity index (χ0v) is 16.8. The second-order valence-electron chi connectivity index (χ2n) is 6.70. The normalized spacial score (nSPS) is 16.0. The van der Waals surface area contributed by atoms with E-state index in [-0.39, 0.29) is 4.91 Å². The van der Waals surface area contributed by atoms with Gasteiger partial charge in [0, 0.05) is 0 Å². The number of methoxy groups -OCH3 is 1. The Hall–Kier alpha value is -2.48. The maximum absolute atomic E-state index is 12.5. The Morgan fingerprint density at radius 1 is 1.22 bits per heavy atom. The fourth-order valence-corrected chi connectivity index (χ4v) is 3.18. The van der Waals surface area contributed by atoms with E-state index in [1.54, 1.807) is 45.0 Å². The van der Waals surface area contributed by atoms with Gasteiger partial charge in [-0.3, -0.25) is 19.3 Å². The SMILES string of the molecule is CCOc1ccc(/C=C2/SC(=O)N(CC(=O)OC(C)(C)C)C2=O)cc1OC. The molecule has 1 saturated heterocycles. The van der Waals surface area contributed by atoms with E-state index in [0.29, 0.717) is 23.7 Å². The quantitative estimate of drug-likeness (QED) is 0.540. The number of rotatable bonds is 6. The topological polar surface area (TPSA) is 82.1 Å². The molecular weight excluding hydrogens is 370 g/mol. The number of hydrogen-bond acceptors (Lipinski definition) is 7. The first-order chi connectivity index (χ1) is 12.6. The van der Waals surface area contributed by atoms with Crippen molar-refractivity contribution in [2.24, 2.45) is 0 Å². The Morgan fingerprint density at radius 2 is 1.93 bits per heavy atom. The zero-order valence-electron chi connectivity index (χ0n) is 16.0. The van der Waals surface area contributed by atoms with Gasteiger partial charge in [0.25, 0.3) is 11.1 Å². The van der Waals surface area contributed by atoms with Gasteiger partial charge in [0.05, 0.1) is 18.6 Å². The first-order valence-corrected chi connectivity index (χ1v) is 9.24. The van der Waals surface area contributed by atoms with Crippen LogP contribution in [0.2, 0.25) is 0 Å². The minimum atomic E-state index is -0.687. The van der Waals surface area contributed by atoms with Crippen molar-refractivity contribution in [1.82, 2.24) is 4.90 Å². The molecule has 2 amide bonds. The van der Waals surface area contributed by atoms with Gasteiger partial charge in [0.2, 0.25) is 0 Å². The fraction of sp³-hybridized carbons (Fsp3) is 0.421. The summed E-state index contributed by atoms with van der Waals surface area (Å²) < 4.78 is 15.9. The van der Waals surface area contributed by atoms with E-state index in [0.717, 1.165) is 16.7 Å². The molecule has 0 radical (unpaired) electrons. The van der Waals surface area contributed by atoms with Gasteiger partial charge in [0.1, 0.15) is 12.1 Å². The summed E-state index contributed by atoms with van der Waals surface area (Å²) in [4.78, 5) is 37.7. The third-order valence-electron chi connectivity index (χ3n) is 3.37. The summed E-state index contributed by atoms with van der Waals surface area (Å²) in [5.41, 5.74) is -0.00816. The lowest BCUT2D eigenvalue weighted by atomic mass is 10.2. The second kappa shape index (κ2) is 8.47. The molecule has 1 heterocycles. The van der Waals surface area contributed by atoms with Crippen LogP contribution >= 0.6 is 11.8 Å². The Kier molecular flexibility index (Phi) is 6.54. The molecule has 0 aliphatic carbocycles. The van der Waals surface area contributed by atoms with Crippen molar-refractivity contribution in [2.45, 2.75) is 33.3 Å². The van der Waals surface area contributed by atoms with Crippen LogP contribution in [0.15, 0.2) is 23.1 Å². The van der Waals surface area contributed by atoms with Crippen LogP contribution in [0.5, 0.6) is 11.5 Å². The number of carbonyl (C=O) groups is 3. The van der Waals surface area contributed by atoms with Crippen LogP contribution < -0.4 is 9.47 Å². The molecule has 1 aliphatic heterocycles. The Morgan fingerprint density at radius 3 is 2.52 bits per heavy atom. The fourth-order valence-electron chi connectivity index (χ4n) is 2.34. The predicted molar refractivity (Wildman–Crippen MR) is 103 cm³/mol. The minimum Gasteiger partial charge on any atom is -0.493 e. The molecule has 0 aromatic heterocycles. The lowest BCUT2D eigenvalue weighted by Gasteiger charge is -2.21. The van der Waals surface area contributed by atoms with Crippen LogP contribution in [0.3, 0.4) is 0 Å². The van der Waals surface area contributed by atoms with Gasteiger partial charge in [-0.1, -0.05) is 6.07 Å². The molecule has 1 aromatic carbocycles. The molecule has 1 fully saturated rings. The van der Waals surface area contributed by atoms with E-state index in [4.69, 9.17) is 14.2 Å². The standard InChI is InChI=1S/C19H23NO6S/c1-6-25-13-8-7-12(9-14(13)24-5)10-15-17(22)20(18(23)27-15)11-16(21)26-19(2,3)4/h7-10H,6,11H2,1-5H3/b15-10+. The highest BCUT2D eigenvalue weighted by molar-refractivity contribution is 8.18. The molecule has 27 heavy (non-hydrogen) atoms. The number of amides is 2. The monoisotopic (exact) mass is 393 g/mol. The molecule has 1 aromatic rings. The molecule has 0 unspecified atom stereocenters. The minimum absolute atomic E-state index is 0.231. The van der Waals surface area contributed by atoms with Crippen LogP contribution in [0.4, 0.5) is 4.79 Å². The highest BCUT2D eigenvalue weighted by Crippen LogP contribution is 2.34. The molecule has 8 heteroatoms. The van der Waals surface area contributed by atoms with Crippen LogP contribution in [-0.4, -0.2) is 47.9 Å². The molecule has 7 nitrogen and oxygen atoms in total. The van der Waals surface area contributed by atoms with Gasteiger partial charge in [-0.25, -0.2) is 0 Å². The van der Waals surface area contributed by atoms with Crippen LogP contribution in [0.25, 0.3) is 6.08 Å². The molecule has 146 valence electrons. The van der Waals surface area contributed by atoms with Crippen molar-refractivity contribution in [3.8, 4) is 11.5 Å². The molecule has 0 bridgehead atoms. The van der Waals surface area contributed by atoms with Gasteiger partial charge in [-0.2, -0.15) is 0 Å². The predicted octanol–water partition coefficient (Wildman–Crippen LogP) is 3.47. The number of carbonyl (C=O) groups excluding carboxylic acids is 3. The number of imide groups is 1. The lowest BCUT2D eigenvalue weighted by Crippen LogP contribution is -2.37. The van der Waals surface area contributed by atoms with E-state index in [9.17, 15) is 14.4 Å². The molecule has 2 rings (SSSR count). The van der Waals surface area contributed by atoms with E-state index in [1.165, 1.54) is 7.11 Å². The van der Waals surface area contributed by atoms with Gasteiger partial charge >= 0.3 is 5.97 Å². The summed E-state index contributed by atoms with van der Waals surface area (Å²) in [7, 11) is 1.52. The Balaban J connectivity index is 2.17. The maximum Gasteiger partial charge on any atom is 0.326 e. The number of hydrogen-bond donors (Lipinski definition) is 0. The molecular formula is C19H23NO6S. The number of benzene rings is 1. The van der Waals surface area contributed by atoms with E-state index < -0.39 is 29.3 Å². The van der Waals surface area contributed by atoms with Crippen molar-refractivity contribution >= 4 is 35.0 Å². The van der Waals surface area contributed by atoms with Gasteiger partial charge in [0.15, 0.2) is 11.5 Å². The maximum atomic E-state index is 12.5. The summed E-state index contributed by atoms with van der Waals surface area (Å²) in [6, 6.07) is 5.21. The average molecular weight is 393 g/mol. The molecule has 0 N–H and O–H groups in total. The van der Waals surface area contributed by atoms with Crippen molar-refractivity contribution in [2.75, 3.05) is 20.3 Å². The van der Waals surface area contributed by atoms with Gasteiger partial charge in [-0.15, -0.1) is 0 Å². The van der Waals surface area contributed by atoms with Gasteiger partial charge in [-0.05, 0) is 63.2 Å². The largest absolute Gasteiger partial charge is 0.493 e. The summed E-state index contributed by atoms with van der Waals surface area (Å²) in [6.07, 6.45) is 1.58. The lowest BCUT2D eigenvalue weighted by molar-refractivity contribution is -0.156. The number of thioether (sulfide) groups is 1. The number of ether oxygens (including phenoxy) is 3. The first-order valence-electron chi connectivity index (χ1n) is 8.42. The summed E-state index contributed by atoms with van der Waals surface area (Å²) in [6.45, 7) is 7.12. The van der Waals surface area contributed by atoms with Gasteiger partial charge < -0.3 is 14.2 Å². The second-order valence-corrected chi connectivity index (χ2v) is 7.69. The third-order valence-corrected chi connectivity index (χ3v) is 4.27. The van der Waals surface area contributed by atoms with E-state index in [1.807, 2.05) is 6.92 Å². The van der Waals surface area contributed by atoms with Crippen molar-refractivity contribution in [3.05, 3.63) is 28.7 Å². The van der Waals surface area contributed by atoms with Crippen LogP contribution in [-0.2, 0) is 14.3 Å². The average Bonchev–Trinajstić information content (AvgIpc) is 2.82. The summed E-state index contributed by atoms with van der Waals surface area (Å²) in [5.74, 6) is -0.0359. The molecule has 0 saturated carbocycles. The third kappa shape index (κ3) is 5.50. The number of nitrogens with zero attached hydrogens (tertiary/aromatic N) is 1. The smallest absolute Gasteiger partial charge is 0.326 e. The highest BCUT2D eigenvalue weighted by Gasteiger charge is 2.37. The first kappa shape index (κ1) is 20.8. The zero-order chi connectivity index (χ0) is 20.2. The van der Waals surface area contributed by atoms with E-state index >= 15 is 0 Å². The van der Waals surface area contributed by atoms with Crippen molar-refractivity contribution in [1.29, 1.82) is 0 Å². The van der Waals surface area contributed by atoms with E-state index in [2.05, 4.69) is 0 Å². The Labute approximate surface area is 162 Å². The molecule has 0 spiro atoms. The van der Waals surface area contributed by atoms with Crippen LogP contribution in [0.1, 0.15) is 33.3 Å². The Bertz CT molecular complexity index is 781. The van der Waals surface area contributed by atoms with Crippen molar-refractivity contribution < 1.29 is 28.6 Å². The van der Waals surface area contributed by atoms with Crippen molar-refractivity contribution in [3.63, 3.8) is 0 Å². The molecule has 0 atom stereocenters. The molecule has 1 aliphatic rings. The number of esters is 1. The highest BCUT2D eigenvalue weighted by atomic mass is 32.2. The summed E-state index contributed by atoms with van der Waals surface area (Å²) in [5, 5.41) is -0.505.